The van der Waals surface area contributed by atoms with Gasteiger partial charge in [-0.2, -0.15) is 0 Å². The number of rotatable bonds is 3. The average molecular weight is 283 g/mol. The molecule has 0 bridgehead atoms. The largest absolute Gasteiger partial charge is 0.391 e. The Morgan fingerprint density at radius 1 is 1.11 bits per heavy atom. The number of hydrogen-bond acceptors (Lipinski definition) is 3. The first kappa shape index (κ1) is 14.5. The molecule has 1 fully saturated rings. The first-order valence-corrected chi connectivity index (χ1v) is 8.15. The zero-order valence-corrected chi connectivity index (χ0v) is 12.2. The molecule has 106 valence electrons. The molecular formula is C14H21NO3S. The van der Waals surface area contributed by atoms with Crippen LogP contribution in [0, 0.1) is 13.8 Å². The monoisotopic (exact) mass is 283 g/mol. The minimum atomic E-state index is -3.55. The van der Waals surface area contributed by atoms with Gasteiger partial charge in [0.2, 0.25) is 10.0 Å². The molecule has 1 aliphatic rings. The number of aryl methyl sites for hydroxylation is 2. The molecule has 2 N–H and O–H groups in total. The summed E-state index contributed by atoms with van der Waals surface area (Å²) in [5, 5.41) is 9.86. The molecule has 1 aromatic rings. The van der Waals surface area contributed by atoms with Crippen LogP contribution < -0.4 is 4.72 Å². The van der Waals surface area contributed by atoms with Gasteiger partial charge in [0.15, 0.2) is 0 Å². The average Bonchev–Trinajstić information content (AvgIpc) is 2.31. The van der Waals surface area contributed by atoms with Crippen LogP contribution in [0.25, 0.3) is 0 Å². The van der Waals surface area contributed by atoms with Crippen LogP contribution in [-0.4, -0.2) is 25.7 Å². The van der Waals surface area contributed by atoms with Crippen LogP contribution in [0.4, 0.5) is 0 Å². The molecule has 2 atom stereocenters. The number of aliphatic hydroxyl groups is 1. The summed E-state index contributed by atoms with van der Waals surface area (Å²) in [6.45, 7) is 3.75. The fraction of sp³-hybridized carbons (Fsp3) is 0.571. The topological polar surface area (TPSA) is 66.4 Å². The van der Waals surface area contributed by atoms with Crippen LogP contribution in [0.15, 0.2) is 23.1 Å². The fourth-order valence-corrected chi connectivity index (χ4v) is 4.10. The van der Waals surface area contributed by atoms with E-state index in [2.05, 4.69) is 4.72 Å². The smallest absolute Gasteiger partial charge is 0.240 e. The summed E-state index contributed by atoms with van der Waals surface area (Å²) in [7, 11) is -3.55. The van der Waals surface area contributed by atoms with E-state index in [9.17, 15) is 13.5 Å². The first-order chi connectivity index (χ1) is 8.88. The number of benzene rings is 1. The number of nitrogens with one attached hydrogen (secondary N) is 1. The SMILES string of the molecule is Cc1cc(C)cc(S(=O)(=O)N[C@H]2CCCC[C@@H]2O)c1. The van der Waals surface area contributed by atoms with E-state index < -0.39 is 16.1 Å². The van der Waals surface area contributed by atoms with Gasteiger partial charge in [-0.05, 0) is 49.9 Å². The Hall–Kier alpha value is -0.910. The second kappa shape index (κ2) is 5.61. The molecule has 0 heterocycles. The Morgan fingerprint density at radius 3 is 2.26 bits per heavy atom. The molecule has 5 heteroatoms. The molecule has 2 rings (SSSR count). The van der Waals surface area contributed by atoms with Crippen LogP contribution in [0.1, 0.15) is 36.8 Å². The molecule has 0 radical (unpaired) electrons. The third-order valence-electron chi connectivity index (χ3n) is 3.54. The second-order valence-electron chi connectivity index (χ2n) is 5.40. The van der Waals surface area contributed by atoms with Crippen molar-refractivity contribution in [2.75, 3.05) is 0 Å². The maximum absolute atomic E-state index is 12.3. The number of hydrogen-bond donors (Lipinski definition) is 2. The first-order valence-electron chi connectivity index (χ1n) is 6.67. The fourth-order valence-electron chi connectivity index (χ4n) is 2.60. The van der Waals surface area contributed by atoms with Crippen molar-refractivity contribution in [3.63, 3.8) is 0 Å². The van der Waals surface area contributed by atoms with E-state index in [1.54, 1.807) is 12.1 Å². The van der Waals surface area contributed by atoms with E-state index in [0.717, 1.165) is 24.0 Å². The van der Waals surface area contributed by atoms with Gasteiger partial charge < -0.3 is 5.11 Å². The Labute approximate surface area is 114 Å². The Balaban J connectivity index is 2.22. The van der Waals surface area contributed by atoms with E-state index in [1.165, 1.54) is 0 Å². The summed E-state index contributed by atoms with van der Waals surface area (Å²) in [4.78, 5) is 0.280. The van der Waals surface area contributed by atoms with Gasteiger partial charge in [0.25, 0.3) is 0 Å². The molecule has 0 saturated heterocycles. The molecule has 1 aromatic carbocycles. The minimum absolute atomic E-state index is 0.280. The Morgan fingerprint density at radius 2 is 1.68 bits per heavy atom. The lowest BCUT2D eigenvalue weighted by atomic mass is 9.93. The highest BCUT2D eigenvalue weighted by molar-refractivity contribution is 7.89. The number of sulfonamides is 1. The molecule has 0 spiro atoms. The highest BCUT2D eigenvalue weighted by atomic mass is 32.2. The summed E-state index contributed by atoms with van der Waals surface area (Å²) in [5.41, 5.74) is 1.84. The molecule has 0 aliphatic heterocycles. The van der Waals surface area contributed by atoms with Crippen molar-refractivity contribution < 1.29 is 13.5 Å². The van der Waals surface area contributed by atoms with Crippen molar-refractivity contribution in [1.29, 1.82) is 0 Å². The molecule has 0 amide bonds. The lowest BCUT2D eigenvalue weighted by Crippen LogP contribution is -2.44. The molecule has 0 aromatic heterocycles. The zero-order chi connectivity index (χ0) is 14.0. The van der Waals surface area contributed by atoms with Crippen molar-refractivity contribution in [3.8, 4) is 0 Å². The quantitative estimate of drug-likeness (QED) is 0.890. The summed E-state index contributed by atoms with van der Waals surface area (Å²) in [5.74, 6) is 0. The standard InChI is InChI=1S/C14H21NO3S/c1-10-7-11(2)9-12(8-10)19(17,18)15-13-5-3-4-6-14(13)16/h7-9,13-16H,3-6H2,1-2H3/t13-,14-/m0/s1. The lowest BCUT2D eigenvalue weighted by molar-refractivity contribution is 0.101. The molecule has 1 saturated carbocycles. The molecular weight excluding hydrogens is 262 g/mol. The third kappa shape index (κ3) is 3.55. The van der Waals surface area contributed by atoms with Crippen molar-refractivity contribution >= 4 is 10.0 Å². The van der Waals surface area contributed by atoms with Gasteiger partial charge in [0, 0.05) is 6.04 Å². The normalized spacial score (nSPS) is 24.4. The highest BCUT2D eigenvalue weighted by Crippen LogP contribution is 2.21. The maximum Gasteiger partial charge on any atom is 0.240 e. The van der Waals surface area contributed by atoms with Crippen molar-refractivity contribution in [2.24, 2.45) is 0 Å². The van der Waals surface area contributed by atoms with E-state index in [4.69, 9.17) is 0 Å². The lowest BCUT2D eigenvalue weighted by Gasteiger charge is -2.28. The van der Waals surface area contributed by atoms with E-state index >= 15 is 0 Å². The van der Waals surface area contributed by atoms with Crippen LogP contribution in [0.2, 0.25) is 0 Å². The van der Waals surface area contributed by atoms with Crippen molar-refractivity contribution in [2.45, 2.75) is 56.6 Å². The second-order valence-corrected chi connectivity index (χ2v) is 7.12. The zero-order valence-electron chi connectivity index (χ0n) is 11.4. The summed E-state index contributed by atoms with van der Waals surface area (Å²) < 4.78 is 27.3. The molecule has 0 unspecified atom stereocenters. The minimum Gasteiger partial charge on any atom is -0.391 e. The van der Waals surface area contributed by atoms with Crippen molar-refractivity contribution in [1.82, 2.24) is 4.72 Å². The van der Waals surface area contributed by atoms with E-state index in [-0.39, 0.29) is 10.9 Å². The molecule has 1 aliphatic carbocycles. The van der Waals surface area contributed by atoms with Crippen LogP contribution in [-0.2, 0) is 10.0 Å². The summed E-state index contributed by atoms with van der Waals surface area (Å²) in [6.07, 6.45) is 2.71. The highest BCUT2D eigenvalue weighted by Gasteiger charge is 2.28. The number of aliphatic hydroxyl groups excluding tert-OH is 1. The van der Waals surface area contributed by atoms with Gasteiger partial charge in [-0.3, -0.25) is 0 Å². The molecule has 4 nitrogen and oxygen atoms in total. The predicted molar refractivity (Wildman–Crippen MR) is 74.5 cm³/mol. The van der Waals surface area contributed by atoms with Gasteiger partial charge in [-0.25, -0.2) is 13.1 Å². The van der Waals surface area contributed by atoms with Gasteiger partial charge in [0.1, 0.15) is 0 Å². The maximum atomic E-state index is 12.3. The van der Waals surface area contributed by atoms with Crippen LogP contribution in [0.5, 0.6) is 0 Å². The van der Waals surface area contributed by atoms with E-state index in [1.807, 2.05) is 19.9 Å². The summed E-state index contributed by atoms with van der Waals surface area (Å²) >= 11 is 0. The van der Waals surface area contributed by atoms with Crippen LogP contribution >= 0.6 is 0 Å². The van der Waals surface area contributed by atoms with Gasteiger partial charge in [-0.1, -0.05) is 18.9 Å². The van der Waals surface area contributed by atoms with Gasteiger partial charge in [-0.15, -0.1) is 0 Å². The van der Waals surface area contributed by atoms with Crippen molar-refractivity contribution in [3.05, 3.63) is 29.3 Å². The third-order valence-corrected chi connectivity index (χ3v) is 5.01. The predicted octanol–water partition coefficient (Wildman–Crippen LogP) is 1.89. The van der Waals surface area contributed by atoms with E-state index in [0.29, 0.717) is 12.8 Å². The van der Waals surface area contributed by atoms with Gasteiger partial charge >= 0.3 is 0 Å². The Bertz CT molecular complexity index is 534. The van der Waals surface area contributed by atoms with Crippen LogP contribution in [0.3, 0.4) is 0 Å². The summed E-state index contributed by atoms with van der Waals surface area (Å²) in [6, 6.07) is 4.89. The molecule has 19 heavy (non-hydrogen) atoms. The Kier molecular flexibility index (Phi) is 4.28. The van der Waals surface area contributed by atoms with Gasteiger partial charge in [0.05, 0.1) is 11.0 Å².